The number of allylic oxidation sites excluding steroid dienone is 6. The van der Waals surface area contributed by atoms with Gasteiger partial charge in [-0.1, -0.05) is 44.7 Å². The molecule has 2 aromatic rings. The number of aryl methyl sites for hydroxylation is 1. The Bertz CT molecular complexity index is 1840. The standard InChI is InChI=1S/C41H49F2N5O3/c1-6-26-22-27(9-11-29(26)35(49)14-7-23(2)8-15-36(50)34(46)13-10-28(45)21-25(4)44)40(47)41-33-20-24(3)19-32(30(33)17-18-48-41)31-12-16-37(51-5)39(43)38(31)42/h9,11-12,16-20,22-23,25,30,34,45,47H,3,6-8,10,13-15,21,44,46H2,1-2,4-5H3/t23?,25?,30?,34-/m0/s1. The first kappa shape index (κ1) is 39.1. The fourth-order valence-electron chi connectivity index (χ4n) is 6.52. The number of hydrogen-bond acceptors (Lipinski definition) is 8. The molecule has 0 bridgehead atoms. The summed E-state index contributed by atoms with van der Waals surface area (Å²) in [5, 5.41) is 17.1. The van der Waals surface area contributed by atoms with Crippen LogP contribution in [-0.2, 0) is 11.2 Å². The zero-order valence-electron chi connectivity index (χ0n) is 30.0. The second-order valence-corrected chi connectivity index (χ2v) is 13.6. The van der Waals surface area contributed by atoms with Crippen molar-refractivity contribution in [1.82, 2.24) is 0 Å². The molecule has 8 nitrogen and oxygen atoms in total. The topological polar surface area (TPSA) is 155 Å². The number of aliphatic imine (C=N–C) groups is 1. The third kappa shape index (κ3) is 9.56. The number of hydrogen-bond donors (Lipinski definition) is 4. The number of ketones is 2. The summed E-state index contributed by atoms with van der Waals surface area (Å²) in [4.78, 5) is 30.5. The van der Waals surface area contributed by atoms with Gasteiger partial charge in [0.1, 0.15) is 5.78 Å². The highest BCUT2D eigenvalue weighted by Gasteiger charge is 2.32. The summed E-state index contributed by atoms with van der Waals surface area (Å²) in [6, 6.07) is 7.51. The molecule has 0 radical (unpaired) electrons. The predicted molar refractivity (Wildman–Crippen MR) is 201 cm³/mol. The first-order chi connectivity index (χ1) is 24.2. The number of benzene rings is 2. The maximum atomic E-state index is 15.2. The van der Waals surface area contributed by atoms with E-state index >= 15 is 4.39 Å². The van der Waals surface area contributed by atoms with E-state index in [1.54, 1.807) is 36.6 Å². The number of rotatable bonds is 18. The lowest BCUT2D eigenvalue weighted by molar-refractivity contribution is -0.120. The fraction of sp³-hybridized carbons (Fsp3) is 0.390. The van der Waals surface area contributed by atoms with E-state index in [9.17, 15) is 14.0 Å². The molecule has 270 valence electrons. The molecule has 2 aliphatic rings. The smallest absolute Gasteiger partial charge is 0.201 e. The molecule has 0 saturated carbocycles. The number of ether oxygens (including phenoxy) is 1. The van der Waals surface area contributed by atoms with Gasteiger partial charge >= 0.3 is 0 Å². The van der Waals surface area contributed by atoms with Crippen LogP contribution in [0.1, 0.15) is 92.8 Å². The van der Waals surface area contributed by atoms with Gasteiger partial charge in [-0.3, -0.25) is 20.0 Å². The lowest BCUT2D eigenvalue weighted by atomic mass is 9.76. The lowest BCUT2D eigenvalue weighted by Gasteiger charge is -2.29. The summed E-state index contributed by atoms with van der Waals surface area (Å²) in [5.74, 6) is -2.66. The van der Waals surface area contributed by atoms with Gasteiger partial charge in [0.25, 0.3) is 0 Å². The van der Waals surface area contributed by atoms with Crippen molar-refractivity contribution in [3.05, 3.63) is 106 Å². The largest absolute Gasteiger partial charge is 0.494 e. The highest BCUT2D eigenvalue weighted by molar-refractivity contribution is 6.53. The molecule has 1 aliphatic carbocycles. The van der Waals surface area contributed by atoms with Gasteiger partial charge in [0.15, 0.2) is 17.3 Å². The minimum absolute atomic E-state index is 0.000254. The molecule has 0 amide bonds. The summed E-state index contributed by atoms with van der Waals surface area (Å²) in [5.41, 5.74) is 16.6. The van der Waals surface area contributed by atoms with E-state index in [0.717, 1.165) is 5.56 Å². The van der Waals surface area contributed by atoms with Crippen molar-refractivity contribution < 1.29 is 23.1 Å². The van der Waals surface area contributed by atoms with Gasteiger partial charge in [-0.15, -0.1) is 0 Å². The van der Waals surface area contributed by atoms with Gasteiger partial charge in [0, 0.05) is 53.4 Å². The molecule has 6 N–H and O–H groups in total. The zero-order chi connectivity index (χ0) is 37.4. The Morgan fingerprint density at radius 2 is 1.69 bits per heavy atom. The SMILES string of the molecule is C=C1C=C2C(C(=N)c3ccc(C(=O)CCC(C)CCC(=O)[C@@H](N)CCC(=N)CC(C)N)c(CC)c3)=NC=CC2C(c2ccc(OC)c(F)c2F)=C1. The number of carbonyl (C=O) groups excluding carboxylic acids is 2. The van der Waals surface area contributed by atoms with E-state index in [-0.39, 0.29) is 40.6 Å². The molecule has 4 atom stereocenters. The summed E-state index contributed by atoms with van der Waals surface area (Å²) >= 11 is 0. The zero-order valence-corrected chi connectivity index (χ0v) is 30.0. The van der Waals surface area contributed by atoms with Crippen molar-refractivity contribution in [2.75, 3.05) is 7.11 Å². The van der Waals surface area contributed by atoms with Crippen LogP contribution in [0.25, 0.3) is 5.57 Å². The lowest BCUT2D eigenvalue weighted by Crippen LogP contribution is -2.31. The van der Waals surface area contributed by atoms with E-state index in [4.69, 9.17) is 27.0 Å². The van der Waals surface area contributed by atoms with Crippen molar-refractivity contribution in [2.24, 2.45) is 28.3 Å². The molecule has 10 heteroatoms. The van der Waals surface area contributed by atoms with Crippen LogP contribution >= 0.6 is 0 Å². The predicted octanol–water partition coefficient (Wildman–Crippen LogP) is 7.88. The second kappa shape index (κ2) is 17.5. The van der Waals surface area contributed by atoms with Crippen molar-refractivity contribution >= 4 is 34.3 Å². The van der Waals surface area contributed by atoms with E-state index in [1.807, 2.05) is 26.8 Å². The number of nitrogens with zero attached hydrogens (tertiary/aromatic N) is 1. The minimum Gasteiger partial charge on any atom is -0.494 e. The summed E-state index contributed by atoms with van der Waals surface area (Å²) in [6.07, 6.45) is 10.8. The maximum Gasteiger partial charge on any atom is 0.201 e. The molecule has 4 rings (SSSR count). The normalized spacial score (nSPS) is 17.1. The molecular weight excluding hydrogens is 648 g/mol. The number of methoxy groups -OCH3 is 1. The Labute approximate surface area is 299 Å². The van der Waals surface area contributed by atoms with E-state index in [1.165, 1.54) is 19.2 Å². The number of halogens is 2. The highest BCUT2D eigenvalue weighted by Crippen LogP contribution is 2.41. The summed E-state index contributed by atoms with van der Waals surface area (Å²) < 4.78 is 34.8. The fourth-order valence-corrected chi connectivity index (χ4v) is 6.52. The Morgan fingerprint density at radius 3 is 2.37 bits per heavy atom. The summed E-state index contributed by atoms with van der Waals surface area (Å²) in [6.45, 7) is 9.88. The molecule has 1 aliphatic heterocycles. The van der Waals surface area contributed by atoms with Crippen LogP contribution in [0, 0.1) is 34.3 Å². The molecule has 0 spiro atoms. The van der Waals surface area contributed by atoms with Crippen LogP contribution in [0.15, 0.2) is 77.5 Å². The molecule has 0 fully saturated rings. The maximum absolute atomic E-state index is 15.2. The van der Waals surface area contributed by atoms with E-state index in [2.05, 4.69) is 11.6 Å². The minimum atomic E-state index is -1.08. The number of fused-ring (bicyclic) bond motifs is 1. The molecule has 3 unspecified atom stereocenters. The van der Waals surface area contributed by atoms with Gasteiger partial charge < -0.3 is 21.6 Å². The number of Topliss-reactive ketones (excluding diaryl/α,β-unsaturated/α-hetero) is 2. The van der Waals surface area contributed by atoms with Crippen LogP contribution in [-0.4, -0.2) is 47.9 Å². The van der Waals surface area contributed by atoms with Crippen LogP contribution in [0.5, 0.6) is 5.75 Å². The van der Waals surface area contributed by atoms with Crippen LogP contribution in [0.2, 0.25) is 0 Å². The first-order valence-electron chi connectivity index (χ1n) is 17.5. The molecule has 1 heterocycles. The summed E-state index contributed by atoms with van der Waals surface area (Å²) in [7, 11) is 1.28. The van der Waals surface area contributed by atoms with Crippen molar-refractivity contribution in [3.63, 3.8) is 0 Å². The Kier molecular flexibility index (Phi) is 13.4. The average molecular weight is 698 g/mol. The molecular formula is C41H49F2N5O3. The van der Waals surface area contributed by atoms with Crippen LogP contribution in [0.4, 0.5) is 8.78 Å². The van der Waals surface area contributed by atoms with E-state index < -0.39 is 23.6 Å². The quantitative estimate of drug-likeness (QED) is 0.0921. The molecule has 0 saturated heterocycles. The molecule has 2 aromatic carbocycles. The Morgan fingerprint density at radius 1 is 0.980 bits per heavy atom. The van der Waals surface area contributed by atoms with Crippen molar-refractivity contribution in [2.45, 2.75) is 84.2 Å². The number of nitrogens with two attached hydrogens (primary N) is 2. The Hall–Kier alpha value is -4.67. The van der Waals surface area contributed by atoms with Gasteiger partial charge in [0.2, 0.25) is 5.82 Å². The highest BCUT2D eigenvalue weighted by atomic mass is 19.2. The number of carbonyl (C=O) groups is 2. The molecule has 51 heavy (non-hydrogen) atoms. The van der Waals surface area contributed by atoms with Gasteiger partial charge in [-0.05, 0) is 97.9 Å². The monoisotopic (exact) mass is 697 g/mol. The third-order valence-corrected chi connectivity index (χ3v) is 9.48. The second-order valence-electron chi connectivity index (χ2n) is 13.6. The Balaban J connectivity index is 1.39. The molecule has 0 aromatic heterocycles. The third-order valence-electron chi connectivity index (χ3n) is 9.48. The van der Waals surface area contributed by atoms with E-state index in [0.29, 0.717) is 90.6 Å². The van der Waals surface area contributed by atoms with Gasteiger partial charge in [-0.2, -0.15) is 4.39 Å². The average Bonchev–Trinajstić information content (AvgIpc) is 3.11. The first-order valence-corrected chi connectivity index (χ1v) is 17.5. The van der Waals surface area contributed by atoms with Gasteiger partial charge in [-0.25, -0.2) is 4.39 Å². The number of nitrogens with one attached hydrogen (secondary N) is 2. The van der Waals surface area contributed by atoms with Crippen LogP contribution in [0.3, 0.4) is 0 Å². The van der Waals surface area contributed by atoms with Crippen molar-refractivity contribution in [1.29, 1.82) is 10.8 Å². The van der Waals surface area contributed by atoms with Gasteiger partial charge in [0.05, 0.1) is 24.6 Å². The van der Waals surface area contributed by atoms with Crippen molar-refractivity contribution in [3.8, 4) is 5.75 Å². The van der Waals surface area contributed by atoms with Crippen LogP contribution < -0.4 is 16.2 Å².